The van der Waals surface area contributed by atoms with E-state index >= 15 is 0 Å². The number of carbonyl (C=O) groups excluding carboxylic acids is 1. The molecule has 0 atom stereocenters. The molecule has 0 unspecified atom stereocenters. The van der Waals surface area contributed by atoms with Gasteiger partial charge < -0.3 is 15.0 Å². The van der Waals surface area contributed by atoms with Gasteiger partial charge in [0.25, 0.3) is 5.91 Å². The lowest BCUT2D eigenvalue weighted by atomic mass is 10.1. The number of aryl methyl sites for hydroxylation is 2. The van der Waals surface area contributed by atoms with Crippen LogP contribution in [0.2, 0.25) is 0 Å². The Morgan fingerprint density at radius 1 is 1.30 bits per heavy atom. The van der Waals surface area contributed by atoms with E-state index < -0.39 is 5.97 Å². The van der Waals surface area contributed by atoms with Gasteiger partial charge >= 0.3 is 5.97 Å². The van der Waals surface area contributed by atoms with Crippen molar-refractivity contribution in [2.75, 3.05) is 5.32 Å². The van der Waals surface area contributed by atoms with Gasteiger partial charge in [-0.1, -0.05) is 6.07 Å². The molecule has 0 fully saturated rings. The molecule has 0 aliphatic rings. The number of carboxylic acids is 1. The highest BCUT2D eigenvalue weighted by molar-refractivity contribution is 6.04. The van der Waals surface area contributed by atoms with Crippen molar-refractivity contribution in [3.8, 4) is 0 Å². The number of anilines is 1. The van der Waals surface area contributed by atoms with Crippen LogP contribution in [0.3, 0.4) is 0 Å². The second-order valence-electron chi connectivity index (χ2n) is 4.47. The molecule has 0 saturated carbocycles. The van der Waals surface area contributed by atoms with Gasteiger partial charge in [-0.15, -0.1) is 0 Å². The van der Waals surface area contributed by atoms with Crippen LogP contribution in [0.1, 0.15) is 33.3 Å². The van der Waals surface area contributed by atoms with Crippen molar-refractivity contribution < 1.29 is 14.7 Å². The maximum atomic E-state index is 12.1. The third-order valence-corrected chi connectivity index (χ3v) is 3.13. The van der Waals surface area contributed by atoms with E-state index in [4.69, 9.17) is 5.11 Å². The molecule has 1 amide bonds. The van der Waals surface area contributed by atoms with Crippen molar-refractivity contribution >= 4 is 17.6 Å². The van der Waals surface area contributed by atoms with Gasteiger partial charge in [0.1, 0.15) is 5.69 Å². The normalized spacial score (nSPS) is 10.3. The van der Waals surface area contributed by atoms with Gasteiger partial charge in [0.05, 0.1) is 5.56 Å². The molecular formula is C15H16N2O3. The summed E-state index contributed by atoms with van der Waals surface area (Å²) >= 11 is 0. The minimum absolute atomic E-state index is 0.189. The number of amides is 1. The topological polar surface area (TPSA) is 71.3 Å². The predicted molar refractivity (Wildman–Crippen MR) is 76.2 cm³/mol. The van der Waals surface area contributed by atoms with Crippen LogP contribution in [-0.2, 0) is 6.54 Å². The highest BCUT2D eigenvalue weighted by atomic mass is 16.4. The van der Waals surface area contributed by atoms with Crippen LogP contribution in [0.15, 0.2) is 36.5 Å². The van der Waals surface area contributed by atoms with Crippen LogP contribution in [0.25, 0.3) is 0 Å². The number of hydrogen-bond acceptors (Lipinski definition) is 2. The number of hydrogen-bond donors (Lipinski definition) is 2. The molecule has 104 valence electrons. The van der Waals surface area contributed by atoms with Gasteiger partial charge in [-0.25, -0.2) is 4.79 Å². The first-order chi connectivity index (χ1) is 9.52. The summed E-state index contributed by atoms with van der Waals surface area (Å²) in [5.41, 5.74) is 1.87. The molecule has 0 aliphatic heterocycles. The van der Waals surface area contributed by atoms with Gasteiger partial charge in [0.15, 0.2) is 0 Å². The molecule has 2 rings (SSSR count). The number of benzene rings is 1. The van der Waals surface area contributed by atoms with Crippen LogP contribution in [0.4, 0.5) is 5.69 Å². The zero-order chi connectivity index (χ0) is 14.7. The van der Waals surface area contributed by atoms with Gasteiger partial charge in [-0.3, -0.25) is 4.79 Å². The van der Waals surface area contributed by atoms with Crippen molar-refractivity contribution in [1.29, 1.82) is 0 Å². The summed E-state index contributed by atoms with van der Waals surface area (Å²) in [4.78, 5) is 23.2. The molecule has 0 saturated heterocycles. The van der Waals surface area contributed by atoms with Gasteiger partial charge in [-0.05, 0) is 43.7 Å². The van der Waals surface area contributed by atoms with Crippen molar-refractivity contribution in [3.05, 3.63) is 53.3 Å². The minimum atomic E-state index is -1.00. The lowest BCUT2D eigenvalue weighted by Gasteiger charge is -2.09. The molecule has 1 aromatic carbocycles. The standard InChI is InChI=1S/C15H16N2O3/c1-3-17-8-4-5-13(17)14(18)16-11-7-6-10(2)12(9-11)15(19)20/h4-9H,3H2,1-2H3,(H,16,18)(H,19,20). The van der Waals surface area contributed by atoms with E-state index in [1.54, 1.807) is 31.2 Å². The quantitative estimate of drug-likeness (QED) is 0.899. The number of carboxylic acid groups (broad SMARTS) is 1. The Morgan fingerprint density at radius 2 is 2.05 bits per heavy atom. The fourth-order valence-electron chi connectivity index (χ4n) is 2.02. The second-order valence-corrected chi connectivity index (χ2v) is 4.47. The zero-order valence-electron chi connectivity index (χ0n) is 11.4. The molecule has 1 heterocycles. The average Bonchev–Trinajstić information content (AvgIpc) is 2.89. The molecule has 1 aromatic heterocycles. The summed E-state index contributed by atoms with van der Waals surface area (Å²) < 4.78 is 1.82. The number of nitrogens with one attached hydrogen (secondary N) is 1. The lowest BCUT2D eigenvalue weighted by Crippen LogP contribution is -2.16. The van der Waals surface area contributed by atoms with Crippen LogP contribution in [-0.4, -0.2) is 21.6 Å². The highest BCUT2D eigenvalue weighted by Crippen LogP contribution is 2.16. The number of aromatic nitrogens is 1. The van der Waals surface area contributed by atoms with Crippen LogP contribution in [0, 0.1) is 6.92 Å². The maximum Gasteiger partial charge on any atom is 0.336 e. The van der Waals surface area contributed by atoms with Crippen LogP contribution < -0.4 is 5.32 Å². The SMILES string of the molecule is CCn1cccc1C(=O)Nc1ccc(C)c(C(=O)O)c1. The van der Waals surface area contributed by atoms with Crippen molar-refractivity contribution in [2.24, 2.45) is 0 Å². The fourth-order valence-corrected chi connectivity index (χ4v) is 2.02. The molecule has 2 N–H and O–H groups in total. The van der Waals surface area contributed by atoms with Crippen molar-refractivity contribution in [1.82, 2.24) is 4.57 Å². The predicted octanol–water partition coefficient (Wildman–Crippen LogP) is 2.77. The van der Waals surface area contributed by atoms with Crippen molar-refractivity contribution in [3.63, 3.8) is 0 Å². The Morgan fingerprint density at radius 3 is 2.70 bits per heavy atom. The average molecular weight is 272 g/mol. The third kappa shape index (κ3) is 2.71. The monoisotopic (exact) mass is 272 g/mol. The number of carbonyl (C=O) groups is 2. The zero-order valence-corrected chi connectivity index (χ0v) is 11.4. The van der Waals surface area contributed by atoms with Crippen molar-refractivity contribution in [2.45, 2.75) is 20.4 Å². The molecule has 5 nitrogen and oxygen atoms in total. The summed E-state index contributed by atoms with van der Waals surface area (Å²) in [7, 11) is 0. The number of rotatable bonds is 4. The molecule has 0 aliphatic carbocycles. The summed E-state index contributed by atoms with van der Waals surface area (Å²) in [5.74, 6) is -1.26. The van der Waals surface area contributed by atoms with Crippen LogP contribution in [0.5, 0.6) is 0 Å². The smallest absolute Gasteiger partial charge is 0.336 e. The van der Waals surface area contributed by atoms with E-state index in [1.807, 2.05) is 17.7 Å². The Labute approximate surface area is 116 Å². The molecule has 20 heavy (non-hydrogen) atoms. The van der Waals surface area contributed by atoms with E-state index in [0.29, 0.717) is 23.5 Å². The van der Waals surface area contributed by atoms with E-state index in [-0.39, 0.29) is 11.5 Å². The van der Waals surface area contributed by atoms with Crippen LogP contribution >= 0.6 is 0 Å². The first-order valence-electron chi connectivity index (χ1n) is 6.33. The second kappa shape index (κ2) is 5.61. The summed E-state index contributed by atoms with van der Waals surface area (Å²) in [6, 6.07) is 8.37. The van der Waals surface area contributed by atoms with Gasteiger partial charge in [-0.2, -0.15) is 0 Å². The first-order valence-corrected chi connectivity index (χ1v) is 6.33. The summed E-state index contributed by atoms with van der Waals surface area (Å²) in [6.07, 6.45) is 1.83. The minimum Gasteiger partial charge on any atom is -0.478 e. The maximum absolute atomic E-state index is 12.1. The van der Waals surface area contributed by atoms with E-state index in [9.17, 15) is 9.59 Å². The Kier molecular flexibility index (Phi) is 3.89. The Bertz CT molecular complexity index is 659. The molecule has 2 aromatic rings. The summed E-state index contributed by atoms with van der Waals surface area (Å²) in [5, 5.41) is 11.8. The molecular weight excluding hydrogens is 256 g/mol. The lowest BCUT2D eigenvalue weighted by molar-refractivity contribution is 0.0695. The highest BCUT2D eigenvalue weighted by Gasteiger charge is 2.12. The molecule has 0 radical (unpaired) electrons. The number of aromatic carboxylic acids is 1. The molecule has 5 heteroatoms. The van der Waals surface area contributed by atoms with E-state index in [0.717, 1.165) is 0 Å². The van der Waals surface area contributed by atoms with E-state index in [2.05, 4.69) is 5.32 Å². The first kappa shape index (κ1) is 13.9. The number of nitrogens with zero attached hydrogens (tertiary/aromatic N) is 1. The summed E-state index contributed by atoms with van der Waals surface area (Å²) in [6.45, 7) is 4.37. The Hall–Kier alpha value is -2.56. The fraction of sp³-hybridized carbons (Fsp3) is 0.200. The van der Waals surface area contributed by atoms with Gasteiger partial charge in [0.2, 0.25) is 0 Å². The largest absolute Gasteiger partial charge is 0.478 e. The molecule has 0 spiro atoms. The molecule has 0 bridgehead atoms. The van der Waals surface area contributed by atoms with E-state index in [1.165, 1.54) is 6.07 Å². The Balaban J connectivity index is 2.24. The third-order valence-electron chi connectivity index (χ3n) is 3.13. The van der Waals surface area contributed by atoms with Gasteiger partial charge in [0, 0.05) is 18.4 Å².